The van der Waals surface area contributed by atoms with E-state index in [1.54, 1.807) is 18.5 Å². The fraction of sp³-hybridized carbons (Fsp3) is 0.341. The van der Waals surface area contributed by atoms with E-state index in [9.17, 15) is 10.4 Å². The number of hydrogen-bond acceptors (Lipinski definition) is 10. The van der Waals surface area contributed by atoms with Crippen LogP contribution in [0.1, 0.15) is 52.0 Å². The molecule has 52 heavy (non-hydrogen) atoms. The molecule has 0 aliphatic carbocycles. The summed E-state index contributed by atoms with van der Waals surface area (Å²) in [5.74, 6) is 2.74. The third-order valence-electron chi connectivity index (χ3n) is 9.31. The number of aromatic nitrogens is 2. The molecule has 0 saturated carbocycles. The summed E-state index contributed by atoms with van der Waals surface area (Å²) in [6.07, 6.45) is 7.87. The number of benzene rings is 3. The third-order valence-corrected chi connectivity index (χ3v) is 9.61. The molecule has 3 aromatic carbocycles. The van der Waals surface area contributed by atoms with Gasteiger partial charge in [-0.1, -0.05) is 41.9 Å². The predicted octanol–water partition coefficient (Wildman–Crippen LogP) is 7.50. The van der Waals surface area contributed by atoms with Gasteiger partial charge in [-0.15, -0.1) is 0 Å². The third kappa shape index (κ3) is 9.49. The molecule has 0 spiro atoms. The Hall–Kier alpha value is -4.92. The van der Waals surface area contributed by atoms with Gasteiger partial charge in [0.2, 0.25) is 0 Å². The van der Waals surface area contributed by atoms with Crippen molar-refractivity contribution in [2.24, 2.45) is 0 Å². The highest BCUT2D eigenvalue weighted by Crippen LogP contribution is 2.37. The van der Waals surface area contributed by atoms with Crippen LogP contribution in [0.3, 0.4) is 0 Å². The van der Waals surface area contributed by atoms with Gasteiger partial charge in [0.1, 0.15) is 42.3 Å². The van der Waals surface area contributed by atoms with E-state index in [4.69, 9.17) is 30.2 Å². The highest BCUT2D eigenvalue weighted by Gasteiger charge is 2.20. The molecule has 270 valence electrons. The van der Waals surface area contributed by atoms with Gasteiger partial charge in [0.05, 0.1) is 36.0 Å². The summed E-state index contributed by atoms with van der Waals surface area (Å²) in [6.45, 7) is 9.05. The molecule has 1 N–H and O–H groups in total. The average Bonchev–Trinajstić information content (AvgIpc) is 3.82. The van der Waals surface area contributed by atoms with Crippen LogP contribution in [0.15, 0.2) is 84.0 Å². The van der Waals surface area contributed by atoms with Crippen LogP contribution in [0.5, 0.6) is 17.2 Å². The summed E-state index contributed by atoms with van der Waals surface area (Å²) in [6, 6.07) is 20.0. The molecule has 1 fully saturated rings. The van der Waals surface area contributed by atoms with Gasteiger partial charge in [0.15, 0.2) is 6.39 Å². The number of nitriles is 1. The smallest absolute Gasteiger partial charge is 0.180 e. The maximum absolute atomic E-state index is 9.80. The van der Waals surface area contributed by atoms with Crippen LogP contribution in [0.25, 0.3) is 11.1 Å². The zero-order valence-corrected chi connectivity index (χ0v) is 30.6. The zero-order valence-electron chi connectivity index (χ0n) is 29.8. The monoisotopic (exact) mass is 721 g/mol. The largest absolute Gasteiger partial charge is 0.493 e. The fourth-order valence-corrected chi connectivity index (χ4v) is 6.74. The number of ether oxygens (including phenoxy) is 3. The van der Waals surface area contributed by atoms with Crippen LogP contribution < -0.4 is 14.2 Å². The second kappa shape index (κ2) is 17.5. The van der Waals surface area contributed by atoms with E-state index < -0.39 is 0 Å². The van der Waals surface area contributed by atoms with Crippen LogP contribution in [-0.2, 0) is 26.3 Å². The minimum atomic E-state index is -0.203. The Morgan fingerprint density at radius 2 is 1.73 bits per heavy atom. The lowest BCUT2D eigenvalue weighted by atomic mass is 9.93. The van der Waals surface area contributed by atoms with Gasteiger partial charge in [0.25, 0.3) is 0 Å². The van der Waals surface area contributed by atoms with Gasteiger partial charge in [-0.05, 0) is 79.8 Å². The number of β-amino-alcohol motifs (C(OH)–C–C–N with tert-alkyl or cyclic N) is 1. The first-order chi connectivity index (χ1) is 25.3. The maximum atomic E-state index is 9.80. The highest BCUT2D eigenvalue weighted by atomic mass is 35.5. The van der Waals surface area contributed by atoms with Gasteiger partial charge in [-0.25, -0.2) is 4.98 Å². The number of nitrogens with zero attached hydrogens (tertiary/aromatic N) is 5. The lowest BCUT2D eigenvalue weighted by Crippen LogP contribution is -2.24. The van der Waals surface area contributed by atoms with Crippen molar-refractivity contribution in [2.45, 2.75) is 59.1 Å². The molecule has 0 radical (unpaired) electrons. The van der Waals surface area contributed by atoms with Gasteiger partial charge < -0.3 is 28.6 Å². The summed E-state index contributed by atoms with van der Waals surface area (Å²) in [5, 5.41) is 19.6. The zero-order chi connectivity index (χ0) is 36.5. The quantitative estimate of drug-likeness (QED) is 0.103. The first kappa shape index (κ1) is 36.9. The Morgan fingerprint density at radius 3 is 2.50 bits per heavy atom. The predicted molar refractivity (Wildman–Crippen MR) is 199 cm³/mol. The van der Waals surface area contributed by atoms with Crippen molar-refractivity contribution in [3.63, 3.8) is 0 Å². The number of pyridine rings is 1. The van der Waals surface area contributed by atoms with E-state index in [-0.39, 0.29) is 12.7 Å². The molecule has 5 aromatic rings. The molecule has 1 aliphatic rings. The summed E-state index contributed by atoms with van der Waals surface area (Å²) in [7, 11) is 1.98. The van der Waals surface area contributed by atoms with Crippen molar-refractivity contribution in [3.05, 3.63) is 124 Å². The minimum Gasteiger partial charge on any atom is -0.493 e. The molecule has 11 heteroatoms. The van der Waals surface area contributed by atoms with Crippen molar-refractivity contribution >= 4 is 11.6 Å². The van der Waals surface area contributed by atoms with E-state index in [1.807, 2.05) is 37.4 Å². The minimum absolute atomic E-state index is 0.203. The molecule has 0 amide bonds. The normalized spacial score (nSPS) is 14.4. The number of likely N-dealkylation sites (tertiary alicyclic amines) is 1. The molecule has 6 rings (SSSR count). The number of rotatable bonds is 16. The lowest BCUT2D eigenvalue weighted by Gasteiger charge is -2.20. The lowest BCUT2D eigenvalue weighted by molar-refractivity contribution is 0.173. The Labute approximate surface area is 310 Å². The van der Waals surface area contributed by atoms with E-state index >= 15 is 0 Å². The fourth-order valence-electron chi connectivity index (χ4n) is 6.50. The number of halogens is 1. The van der Waals surface area contributed by atoms with Crippen molar-refractivity contribution in [2.75, 3.05) is 33.3 Å². The van der Waals surface area contributed by atoms with E-state index in [0.717, 1.165) is 82.9 Å². The highest BCUT2D eigenvalue weighted by molar-refractivity contribution is 6.32. The van der Waals surface area contributed by atoms with Crippen molar-refractivity contribution in [1.29, 1.82) is 5.26 Å². The molecular formula is C41H44ClN5O5. The van der Waals surface area contributed by atoms with Crippen molar-refractivity contribution < 1.29 is 23.7 Å². The first-order valence-corrected chi connectivity index (χ1v) is 17.8. The maximum Gasteiger partial charge on any atom is 0.180 e. The summed E-state index contributed by atoms with van der Waals surface area (Å²) in [5.41, 5.74) is 7.57. The second-order valence-corrected chi connectivity index (χ2v) is 13.7. The molecule has 0 bridgehead atoms. The number of aliphatic hydroxyl groups excluding tert-OH is 1. The molecule has 3 heterocycles. The Kier molecular flexibility index (Phi) is 12.4. The molecule has 1 atom stereocenters. The van der Waals surface area contributed by atoms with Gasteiger partial charge >= 0.3 is 0 Å². The number of hydrogen-bond donors (Lipinski definition) is 1. The van der Waals surface area contributed by atoms with Crippen LogP contribution >= 0.6 is 11.6 Å². The topological polar surface area (TPSA) is 117 Å². The van der Waals surface area contributed by atoms with E-state index in [2.05, 4.69) is 57.9 Å². The van der Waals surface area contributed by atoms with Gasteiger partial charge in [-0.2, -0.15) is 5.26 Å². The van der Waals surface area contributed by atoms with Crippen LogP contribution in [0, 0.1) is 25.2 Å². The standard InChI is InChI=1S/C41H44ClN5O5/c1-28-32(7-4-8-36(28)37-9-5-10-39(29(37)2)49-14-6-12-47-13-11-34(48)23-47)26-51-41-17-40(50-25-31-15-30(18-43)19-44-20-31)33(16-38(41)42)22-46(3)24-35-21-45-27-52-35/h4-5,7-10,15-17,19-21,27,34,48H,6,11-14,22-26H2,1-3H3. The van der Waals surface area contributed by atoms with Crippen molar-refractivity contribution in [1.82, 2.24) is 19.8 Å². The van der Waals surface area contributed by atoms with Crippen LogP contribution in [0.2, 0.25) is 5.02 Å². The molecule has 1 unspecified atom stereocenters. The summed E-state index contributed by atoms with van der Waals surface area (Å²) >= 11 is 6.85. The molecule has 10 nitrogen and oxygen atoms in total. The van der Waals surface area contributed by atoms with E-state index in [0.29, 0.717) is 48.4 Å². The molecule has 1 saturated heterocycles. The number of oxazole rings is 1. The Bertz CT molecular complexity index is 2000. The Morgan fingerprint density at radius 1 is 0.923 bits per heavy atom. The molecule has 1 aliphatic heterocycles. The summed E-state index contributed by atoms with van der Waals surface area (Å²) < 4.78 is 24.4. The summed E-state index contributed by atoms with van der Waals surface area (Å²) in [4.78, 5) is 12.5. The number of aliphatic hydroxyl groups is 1. The van der Waals surface area contributed by atoms with Crippen LogP contribution in [-0.4, -0.2) is 64.3 Å². The Balaban J connectivity index is 1.16. The van der Waals surface area contributed by atoms with Crippen LogP contribution in [0.4, 0.5) is 0 Å². The molecule has 2 aromatic heterocycles. The molecular weight excluding hydrogens is 678 g/mol. The average molecular weight is 722 g/mol. The van der Waals surface area contributed by atoms with Gasteiger partial charge in [-0.3, -0.25) is 9.88 Å². The SMILES string of the molecule is Cc1c(COc2cc(OCc3cncc(C#N)c3)c(CN(C)Cc3cnco3)cc2Cl)cccc1-c1cccc(OCCCN2CCC(O)C2)c1C. The van der Waals surface area contributed by atoms with Gasteiger partial charge in [0, 0.05) is 55.8 Å². The first-order valence-electron chi connectivity index (χ1n) is 17.5. The second-order valence-electron chi connectivity index (χ2n) is 13.3. The van der Waals surface area contributed by atoms with Crippen molar-refractivity contribution in [3.8, 4) is 34.4 Å². The van der Waals surface area contributed by atoms with E-state index in [1.165, 1.54) is 12.6 Å².